The molecule has 0 aliphatic carbocycles. The lowest BCUT2D eigenvalue weighted by Gasteiger charge is -2.28. The number of H-pyrrole nitrogens is 2. The zero-order valence-electron chi connectivity index (χ0n) is 20.2. The lowest BCUT2D eigenvalue weighted by atomic mass is 10.1. The highest BCUT2D eigenvalue weighted by molar-refractivity contribution is 5.99. The Morgan fingerprint density at radius 3 is 2.78 bits per heavy atom. The highest BCUT2D eigenvalue weighted by Crippen LogP contribution is 2.34. The summed E-state index contributed by atoms with van der Waals surface area (Å²) < 4.78 is 0. The summed E-state index contributed by atoms with van der Waals surface area (Å²) >= 11 is 0. The molecule has 36 heavy (non-hydrogen) atoms. The van der Waals surface area contributed by atoms with Crippen LogP contribution in [0.15, 0.2) is 49.1 Å². The molecule has 0 aromatic carbocycles. The van der Waals surface area contributed by atoms with Crippen LogP contribution in [0.4, 0.5) is 11.5 Å². The van der Waals surface area contributed by atoms with E-state index in [4.69, 9.17) is 4.98 Å². The number of hydrogen-bond acceptors (Lipinski definition) is 6. The molecule has 1 aliphatic rings. The first kappa shape index (κ1) is 22.2. The van der Waals surface area contributed by atoms with Crippen LogP contribution in [0.25, 0.3) is 44.5 Å². The summed E-state index contributed by atoms with van der Waals surface area (Å²) in [5.74, 6) is 1.01. The molecule has 3 N–H and O–H groups in total. The van der Waals surface area contributed by atoms with E-state index in [1.165, 1.54) is 19.3 Å². The fourth-order valence-corrected chi connectivity index (χ4v) is 4.90. The predicted octanol–water partition coefficient (Wildman–Crippen LogP) is 5.29. The van der Waals surface area contributed by atoms with E-state index in [2.05, 4.69) is 41.4 Å². The van der Waals surface area contributed by atoms with Gasteiger partial charge < -0.3 is 15.2 Å². The molecule has 9 nitrogen and oxygen atoms in total. The Bertz CT molecular complexity index is 1550. The Morgan fingerprint density at radius 2 is 1.92 bits per heavy atom. The first-order valence-electron chi connectivity index (χ1n) is 12.5. The summed E-state index contributed by atoms with van der Waals surface area (Å²) in [6.07, 6.45) is 12.0. The molecule has 1 aliphatic heterocycles. The van der Waals surface area contributed by atoms with Crippen LogP contribution >= 0.6 is 0 Å². The second-order valence-corrected chi connectivity index (χ2v) is 9.27. The highest BCUT2D eigenvalue weighted by atomic mass is 16.1. The molecule has 0 unspecified atom stereocenters. The van der Waals surface area contributed by atoms with Crippen LogP contribution in [0.2, 0.25) is 0 Å². The van der Waals surface area contributed by atoms with Crippen LogP contribution in [-0.4, -0.2) is 49.1 Å². The molecule has 5 aromatic rings. The summed E-state index contributed by atoms with van der Waals surface area (Å²) in [6, 6.07) is 8.07. The first-order chi connectivity index (χ1) is 17.7. The van der Waals surface area contributed by atoms with E-state index in [-0.39, 0.29) is 5.91 Å². The average Bonchev–Trinajstić information content (AvgIpc) is 3.53. The van der Waals surface area contributed by atoms with Crippen LogP contribution in [0, 0.1) is 0 Å². The third kappa shape index (κ3) is 4.17. The summed E-state index contributed by atoms with van der Waals surface area (Å²) in [5, 5.41) is 12.7. The zero-order chi connectivity index (χ0) is 24.5. The molecule has 0 radical (unpaired) electrons. The topological polar surface area (TPSA) is 115 Å². The van der Waals surface area contributed by atoms with Gasteiger partial charge in [0.25, 0.3) is 0 Å². The quantitative estimate of drug-likeness (QED) is 0.304. The van der Waals surface area contributed by atoms with Crippen molar-refractivity contribution in [2.24, 2.45) is 0 Å². The number of carbonyl (C=O) groups is 1. The van der Waals surface area contributed by atoms with Gasteiger partial charge in [0.05, 0.1) is 40.5 Å². The number of pyridine rings is 3. The van der Waals surface area contributed by atoms with Crippen LogP contribution in [0.1, 0.15) is 39.0 Å². The van der Waals surface area contributed by atoms with Crippen molar-refractivity contribution in [3.05, 3.63) is 49.1 Å². The number of aromatic amines is 2. The molecular formula is C27H28N8O. The van der Waals surface area contributed by atoms with Gasteiger partial charge in [0.1, 0.15) is 11.5 Å². The van der Waals surface area contributed by atoms with Gasteiger partial charge in [-0.05, 0) is 49.9 Å². The van der Waals surface area contributed by atoms with Crippen molar-refractivity contribution in [1.82, 2.24) is 30.1 Å². The first-order valence-corrected chi connectivity index (χ1v) is 12.5. The Labute approximate surface area is 208 Å². The number of carbonyl (C=O) groups excluding carboxylic acids is 1. The largest absolute Gasteiger partial charge is 0.356 e. The van der Waals surface area contributed by atoms with E-state index < -0.39 is 0 Å². The summed E-state index contributed by atoms with van der Waals surface area (Å²) in [5.41, 5.74) is 5.90. The van der Waals surface area contributed by atoms with Crippen LogP contribution in [0.5, 0.6) is 0 Å². The molecule has 9 heteroatoms. The molecule has 0 saturated carbocycles. The van der Waals surface area contributed by atoms with Gasteiger partial charge in [0.2, 0.25) is 5.91 Å². The molecule has 182 valence electrons. The van der Waals surface area contributed by atoms with Crippen molar-refractivity contribution in [2.45, 2.75) is 39.0 Å². The SMILES string of the molecule is CCCC(=O)Nc1cncc(-c2cc3c(-c4cc5c(N6CCCCC6)nccc5[nH]4)n[nH]c3cn2)c1. The van der Waals surface area contributed by atoms with Crippen molar-refractivity contribution >= 4 is 39.2 Å². The molecule has 1 saturated heterocycles. The molecule has 6 heterocycles. The molecule has 0 atom stereocenters. The lowest BCUT2D eigenvalue weighted by Crippen LogP contribution is -2.30. The molecule has 1 fully saturated rings. The third-order valence-electron chi connectivity index (χ3n) is 6.68. The standard InChI is InChI=1S/C27H28N8O/c1-2-6-25(36)31-18-11-17(14-28-15-18)22-12-19-24(16-30-22)33-34-26(19)23-13-20-21(32-23)7-8-29-27(20)35-9-4-3-5-10-35/h7-8,11-16,32H,2-6,9-10H2,1H3,(H,31,36)(H,33,34). The van der Waals surface area contributed by atoms with Gasteiger partial charge in [0.15, 0.2) is 0 Å². The minimum absolute atomic E-state index is 0.0193. The van der Waals surface area contributed by atoms with E-state index >= 15 is 0 Å². The van der Waals surface area contributed by atoms with Gasteiger partial charge >= 0.3 is 0 Å². The number of hydrogen-bond donors (Lipinski definition) is 3. The van der Waals surface area contributed by atoms with Gasteiger partial charge in [-0.15, -0.1) is 0 Å². The average molecular weight is 481 g/mol. The Morgan fingerprint density at radius 1 is 1.03 bits per heavy atom. The van der Waals surface area contributed by atoms with Crippen molar-refractivity contribution in [2.75, 3.05) is 23.3 Å². The minimum Gasteiger partial charge on any atom is -0.356 e. The molecule has 1 amide bonds. The predicted molar refractivity (Wildman–Crippen MR) is 142 cm³/mol. The van der Waals surface area contributed by atoms with E-state index in [1.807, 2.05) is 31.3 Å². The normalized spacial score (nSPS) is 14.0. The number of nitrogens with one attached hydrogen (secondary N) is 3. The molecule has 0 bridgehead atoms. The number of fused-ring (bicyclic) bond motifs is 2. The number of piperidine rings is 1. The second-order valence-electron chi connectivity index (χ2n) is 9.27. The summed E-state index contributed by atoms with van der Waals surface area (Å²) in [4.78, 5) is 31.6. The van der Waals surface area contributed by atoms with Crippen LogP contribution in [0.3, 0.4) is 0 Å². The Kier molecular flexibility index (Phi) is 5.80. The Hall–Kier alpha value is -4.27. The number of amides is 1. The van der Waals surface area contributed by atoms with Crippen molar-refractivity contribution in [1.29, 1.82) is 0 Å². The third-order valence-corrected chi connectivity index (χ3v) is 6.68. The van der Waals surface area contributed by atoms with Gasteiger partial charge in [0, 0.05) is 48.2 Å². The number of rotatable bonds is 6. The number of anilines is 2. The van der Waals surface area contributed by atoms with E-state index in [1.54, 1.807) is 18.6 Å². The lowest BCUT2D eigenvalue weighted by molar-refractivity contribution is -0.116. The second kappa shape index (κ2) is 9.41. The monoisotopic (exact) mass is 480 g/mol. The number of nitrogens with zero attached hydrogens (tertiary/aromatic N) is 5. The van der Waals surface area contributed by atoms with E-state index in [0.29, 0.717) is 12.1 Å². The van der Waals surface area contributed by atoms with E-state index in [9.17, 15) is 4.79 Å². The van der Waals surface area contributed by atoms with Crippen LogP contribution in [-0.2, 0) is 4.79 Å². The minimum atomic E-state index is -0.0193. The van der Waals surface area contributed by atoms with Crippen molar-refractivity contribution in [3.8, 4) is 22.6 Å². The molecule has 0 spiro atoms. The van der Waals surface area contributed by atoms with Gasteiger partial charge in [-0.2, -0.15) is 5.10 Å². The Balaban J connectivity index is 1.37. The maximum Gasteiger partial charge on any atom is 0.224 e. The fraction of sp³-hybridized carbons (Fsp3) is 0.296. The van der Waals surface area contributed by atoms with Crippen molar-refractivity contribution in [3.63, 3.8) is 0 Å². The molecule has 5 aromatic heterocycles. The maximum atomic E-state index is 12.0. The summed E-state index contributed by atoms with van der Waals surface area (Å²) in [6.45, 7) is 4.06. The van der Waals surface area contributed by atoms with Gasteiger partial charge in [-0.25, -0.2) is 4.98 Å². The number of aromatic nitrogens is 6. The van der Waals surface area contributed by atoms with Crippen molar-refractivity contribution < 1.29 is 4.79 Å². The maximum absolute atomic E-state index is 12.0. The van der Waals surface area contributed by atoms with Crippen LogP contribution < -0.4 is 10.2 Å². The van der Waals surface area contributed by atoms with Gasteiger partial charge in [-0.1, -0.05) is 6.92 Å². The van der Waals surface area contributed by atoms with E-state index in [0.717, 1.165) is 69.8 Å². The smallest absolute Gasteiger partial charge is 0.224 e. The summed E-state index contributed by atoms with van der Waals surface area (Å²) in [7, 11) is 0. The molecular weight excluding hydrogens is 452 g/mol. The highest BCUT2D eigenvalue weighted by Gasteiger charge is 2.19. The molecule has 6 rings (SSSR count). The fourth-order valence-electron chi connectivity index (χ4n) is 4.90. The zero-order valence-corrected chi connectivity index (χ0v) is 20.2. The van der Waals surface area contributed by atoms with Gasteiger partial charge in [-0.3, -0.25) is 19.9 Å².